The van der Waals surface area contributed by atoms with Crippen molar-refractivity contribution in [3.05, 3.63) is 0 Å². The number of hydrogen-bond acceptors (Lipinski definition) is 2. The number of hydrogen-bond donors (Lipinski definition) is 2. The van der Waals surface area contributed by atoms with Gasteiger partial charge in [0.25, 0.3) is 0 Å². The molecule has 0 aromatic carbocycles. The van der Waals surface area contributed by atoms with Gasteiger partial charge >= 0.3 is 79.3 Å². The van der Waals surface area contributed by atoms with Crippen LogP contribution in [0.25, 0.3) is 0 Å². The van der Waals surface area contributed by atoms with Gasteiger partial charge in [0.15, 0.2) is 0 Å². The van der Waals surface area contributed by atoms with E-state index >= 15 is 0 Å². The zero-order valence-electron chi connectivity index (χ0n) is 2.53. The maximum Gasteiger partial charge on any atom is 0 e. The van der Waals surface area contributed by atoms with E-state index in [4.69, 9.17) is 17.5 Å². The summed E-state index contributed by atoms with van der Waals surface area (Å²) in [6.07, 6.45) is 0. The Morgan fingerprint density at radius 1 is 1.14 bits per heavy atom. The van der Waals surface area contributed by atoms with Crippen molar-refractivity contribution in [2.75, 3.05) is 0 Å². The van der Waals surface area contributed by atoms with Crippen LogP contribution < -0.4 is 0 Å². The molecule has 0 aliphatic carbocycles. The van der Waals surface area contributed by atoms with Crippen molar-refractivity contribution in [2.45, 2.75) is 0 Å². The molecule has 40 valence electrons. The predicted molar refractivity (Wildman–Crippen MR) is 21.3 cm³/mol. The van der Waals surface area contributed by atoms with Crippen LogP contribution >= 0.6 is 0 Å². The van der Waals surface area contributed by atoms with Gasteiger partial charge < -0.3 is 0 Å². The minimum Gasteiger partial charge on any atom is 0 e. The largest absolute Gasteiger partial charge is 0 e. The Bertz CT molecular complexity index is 94.9. The molecule has 0 fully saturated rings. The summed E-state index contributed by atoms with van der Waals surface area (Å²) in [5.74, 6) is 0. The van der Waals surface area contributed by atoms with E-state index < -0.39 is 10.4 Å². The maximum atomic E-state index is 8.74. The molecule has 0 spiro atoms. The molecule has 0 rings (SSSR count). The summed E-state index contributed by atoms with van der Waals surface area (Å²) < 4.78 is 31.6. The molecular formula is H3CsMoO4S. The molecule has 0 atom stereocenters. The normalized spacial score (nSPS) is 8.29. The number of rotatable bonds is 0. The first-order valence-electron chi connectivity index (χ1n) is 0.698. The summed E-state index contributed by atoms with van der Waals surface area (Å²) in [5.41, 5.74) is 0. The van der Waals surface area contributed by atoms with E-state index in [9.17, 15) is 0 Å². The SMILES string of the molecule is O=S(=O)(O)O.[CsH].[Mo]. The Balaban J connectivity index is -0.0000000800. The third-order valence-electron chi connectivity index (χ3n) is 0. The molecule has 4 nitrogen and oxygen atoms in total. The molecular weight excluding hydrogens is 325 g/mol. The minimum atomic E-state index is -4.67. The zero-order valence-corrected chi connectivity index (χ0v) is 5.35. The van der Waals surface area contributed by atoms with Crippen LogP contribution in [0.15, 0.2) is 0 Å². The van der Waals surface area contributed by atoms with Gasteiger partial charge in [-0.3, -0.25) is 9.11 Å². The van der Waals surface area contributed by atoms with Crippen LogP contribution in [-0.4, -0.2) is 86.4 Å². The van der Waals surface area contributed by atoms with Crippen molar-refractivity contribution in [3.63, 3.8) is 0 Å². The van der Waals surface area contributed by atoms with Gasteiger partial charge in [0.1, 0.15) is 0 Å². The van der Waals surface area contributed by atoms with Crippen LogP contribution in [0.1, 0.15) is 0 Å². The van der Waals surface area contributed by atoms with Crippen molar-refractivity contribution in [2.24, 2.45) is 0 Å². The Labute approximate surface area is 115 Å². The molecule has 0 bridgehead atoms. The van der Waals surface area contributed by atoms with E-state index in [-0.39, 0.29) is 90.0 Å². The van der Waals surface area contributed by atoms with Gasteiger partial charge in [0, 0.05) is 21.1 Å². The van der Waals surface area contributed by atoms with Crippen LogP contribution in [0.4, 0.5) is 0 Å². The third kappa shape index (κ3) is 55.2. The molecule has 0 unspecified atom stereocenters. The predicted octanol–water partition coefficient (Wildman–Crippen LogP) is -1.30. The molecule has 7 heavy (non-hydrogen) atoms. The van der Waals surface area contributed by atoms with Gasteiger partial charge in [-0.15, -0.1) is 0 Å². The fourth-order valence-corrected chi connectivity index (χ4v) is 0. The van der Waals surface area contributed by atoms with E-state index in [1.54, 1.807) is 0 Å². The first-order valence-corrected chi connectivity index (χ1v) is 2.10. The van der Waals surface area contributed by atoms with E-state index in [1.807, 2.05) is 0 Å². The quantitative estimate of drug-likeness (QED) is 0.428. The van der Waals surface area contributed by atoms with Crippen molar-refractivity contribution in [3.8, 4) is 0 Å². The van der Waals surface area contributed by atoms with E-state index in [2.05, 4.69) is 0 Å². The third-order valence-corrected chi connectivity index (χ3v) is 0. The first kappa shape index (κ1) is 16.3. The van der Waals surface area contributed by atoms with Gasteiger partial charge in [0.05, 0.1) is 0 Å². The first-order chi connectivity index (χ1) is 2.00. The van der Waals surface area contributed by atoms with Crippen molar-refractivity contribution >= 4 is 79.3 Å². The van der Waals surface area contributed by atoms with Gasteiger partial charge in [-0.2, -0.15) is 8.42 Å². The summed E-state index contributed by atoms with van der Waals surface area (Å²) in [7, 11) is -4.67. The Hall–Kier alpha value is 2.61. The van der Waals surface area contributed by atoms with E-state index in [0.29, 0.717) is 0 Å². The summed E-state index contributed by atoms with van der Waals surface area (Å²) in [6.45, 7) is 0. The van der Waals surface area contributed by atoms with Crippen molar-refractivity contribution < 1.29 is 38.6 Å². The molecule has 0 saturated heterocycles. The molecule has 0 radical (unpaired) electrons. The molecule has 0 aliphatic rings. The zero-order chi connectivity index (χ0) is 4.50. The van der Waals surface area contributed by atoms with Crippen LogP contribution in [0.3, 0.4) is 0 Å². The maximum absolute atomic E-state index is 8.74. The molecule has 0 amide bonds. The summed E-state index contributed by atoms with van der Waals surface area (Å²) in [4.78, 5) is 0. The molecule has 0 aromatic rings. The molecule has 7 heteroatoms. The van der Waals surface area contributed by atoms with Crippen LogP contribution in [-0.2, 0) is 31.5 Å². The van der Waals surface area contributed by atoms with Crippen LogP contribution in [0.5, 0.6) is 0 Å². The fraction of sp³-hybridized carbons (Fsp3) is 0. The summed E-state index contributed by atoms with van der Waals surface area (Å²) in [6, 6.07) is 0. The smallest absolute Gasteiger partial charge is 0 e. The second kappa shape index (κ2) is 6.73. The van der Waals surface area contributed by atoms with Crippen LogP contribution in [0, 0.1) is 0 Å². The van der Waals surface area contributed by atoms with E-state index in [1.165, 1.54) is 0 Å². The van der Waals surface area contributed by atoms with Crippen molar-refractivity contribution in [1.82, 2.24) is 0 Å². The van der Waals surface area contributed by atoms with Gasteiger partial charge in [-0.1, -0.05) is 0 Å². The second-order valence-corrected chi connectivity index (χ2v) is 1.34. The molecule has 2 N–H and O–H groups in total. The second-order valence-electron chi connectivity index (χ2n) is 0.448. The van der Waals surface area contributed by atoms with Gasteiger partial charge in [0.2, 0.25) is 0 Å². The van der Waals surface area contributed by atoms with Gasteiger partial charge in [-0.05, 0) is 0 Å². The Kier molecular flexibility index (Phi) is 15.7. The molecule has 0 aliphatic heterocycles. The average molecular weight is 328 g/mol. The standard InChI is InChI=1S/Cs.Mo.H2O4S.H/c;;1-5(2,3)4;/h;;(H2,1,2,3,4);. The fourth-order valence-electron chi connectivity index (χ4n) is 0. The van der Waals surface area contributed by atoms with Gasteiger partial charge in [-0.25, -0.2) is 0 Å². The summed E-state index contributed by atoms with van der Waals surface area (Å²) >= 11 is 0. The van der Waals surface area contributed by atoms with Crippen molar-refractivity contribution in [1.29, 1.82) is 0 Å². The Morgan fingerprint density at radius 2 is 1.14 bits per heavy atom. The molecule has 0 heterocycles. The average Bonchev–Trinajstić information content (AvgIpc) is 0.722. The van der Waals surface area contributed by atoms with Crippen LogP contribution in [0.2, 0.25) is 0 Å². The molecule has 0 aromatic heterocycles. The van der Waals surface area contributed by atoms with E-state index in [0.717, 1.165) is 0 Å². The summed E-state index contributed by atoms with van der Waals surface area (Å²) in [5, 5.41) is 0. The Morgan fingerprint density at radius 3 is 1.14 bits per heavy atom. The monoisotopic (exact) mass is 330 g/mol. The molecule has 0 saturated carbocycles. The minimum absolute atomic E-state index is 0. The topological polar surface area (TPSA) is 74.6 Å².